The molecule has 0 aliphatic heterocycles. The van der Waals surface area contributed by atoms with Gasteiger partial charge < -0.3 is 5.73 Å². The number of aryl methyl sites for hydroxylation is 2. The highest BCUT2D eigenvalue weighted by atomic mass is 14.5. The highest BCUT2D eigenvalue weighted by Crippen LogP contribution is 2.36. The van der Waals surface area contributed by atoms with Crippen LogP contribution in [0.1, 0.15) is 36.0 Å². The largest absolute Gasteiger partial charge is 0.399 e. The molecule has 0 aromatic heterocycles. The number of hydrogen-bond acceptors (Lipinski definition) is 1. The molecule has 1 unspecified atom stereocenters. The number of rotatable bonds is 1. The number of anilines is 1. The lowest BCUT2D eigenvalue weighted by Gasteiger charge is -2.10. The molecule has 0 bridgehead atoms. The second-order valence-electron chi connectivity index (χ2n) is 6.63. The van der Waals surface area contributed by atoms with Crippen LogP contribution in [0.15, 0.2) is 48.5 Å². The van der Waals surface area contributed by atoms with Crippen LogP contribution in [0.3, 0.4) is 0 Å². The van der Waals surface area contributed by atoms with Crippen molar-refractivity contribution in [2.24, 2.45) is 0 Å². The fourth-order valence-electron chi connectivity index (χ4n) is 3.78. The summed E-state index contributed by atoms with van der Waals surface area (Å²) in [4.78, 5) is 0. The van der Waals surface area contributed by atoms with Crippen LogP contribution in [0.2, 0.25) is 0 Å². The van der Waals surface area contributed by atoms with E-state index in [4.69, 9.17) is 5.73 Å². The van der Waals surface area contributed by atoms with E-state index in [9.17, 15) is 0 Å². The van der Waals surface area contributed by atoms with Crippen LogP contribution in [-0.2, 0) is 6.42 Å². The van der Waals surface area contributed by atoms with E-state index in [1.807, 2.05) is 6.07 Å². The van der Waals surface area contributed by atoms with E-state index in [0.29, 0.717) is 5.92 Å². The van der Waals surface area contributed by atoms with Gasteiger partial charge >= 0.3 is 0 Å². The Morgan fingerprint density at radius 3 is 2.59 bits per heavy atom. The maximum absolute atomic E-state index is 6.00. The first kappa shape index (κ1) is 13.4. The Hall–Kier alpha value is -2.28. The van der Waals surface area contributed by atoms with Crippen molar-refractivity contribution in [1.29, 1.82) is 0 Å². The second kappa shape index (κ2) is 4.88. The van der Waals surface area contributed by atoms with Gasteiger partial charge in [0.15, 0.2) is 0 Å². The van der Waals surface area contributed by atoms with E-state index in [2.05, 4.69) is 56.3 Å². The lowest BCUT2D eigenvalue weighted by Crippen LogP contribution is -1.89. The first-order valence-corrected chi connectivity index (χ1v) is 8.05. The Morgan fingerprint density at radius 2 is 1.73 bits per heavy atom. The fraction of sp³-hybridized carbons (Fsp3) is 0.238. The minimum Gasteiger partial charge on any atom is -0.399 e. The molecule has 0 saturated heterocycles. The van der Waals surface area contributed by atoms with Gasteiger partial charge in [-0.05, 0) is 82.5 Å². The minimum atomic E-state index is 0.711. The third-order valence-electron chi connectivity index (χ3n) is 5.04. The minimum absolute atomic E-state index is 0.711. The van der Waals surface area contributed by atoms with Crippen molar-refractivity contribution in [3.05, 3.63) is 65.2 Å². The molecule has 0 amide bonds. The van der Waals surface area contributed by atoms with Crippen molar-refractivity contribution in [1.82, 2.24) is 0 Å². The molecule has 0 spiro atoms. The van der Waals surface area contributed by atoms with Gasteiger partial charge in [0.05, 0.1) is 0 Å². The van der Waals surface area contributed by atoms with Crippen LogP contribution in [-0.4, -0.2) is 0 Å². The zero-order valence-corrected chi connectivity index (χ0v) is 13.2. The molecule has 1 aliphatic rings. The van der Waals surface area contributed by atoms with Gasteiger partial charge in [-0.15, -0.1) is 0 Å². The van der Waals surface area contributed by atoms with Crippen LogP contribution in [0, 0.1) is 6.92 Å². The van der Waals surface area contributed by atoms with Crippen LogP contribution >= 0.6 is 0 Å². The van der Waals surface area contributed by atoms with E-state index >= 15 is 0 Å². The summed E-state index contributed by atoms with van der Waals surface area (Å²) in [5.74, 6) is 0.711. The lowest BCUT2D eigenvalue weighted by molar-refractivity contribution is 0.747. The molecule has 0 radical (unpaired) electrons. The van der Waals surface area contributed by atoms with Gasteiger partial charge in [0, 0.05) is 5.69 Å². The Balaban J connectivity index is 1.85. The number of nitrogens with two attached hydrogens (primary N) is 1. The van der Waals surface area contributed by atoms with Crippen molar-refractivity contribution in [3.8, 4) is 11.1 Å². The van der Waals surface area contributed by atoms with Crippen molar-refractivity contribution >= 4 is 16.5 Å². The maximum Gasteiger partial charge on any atom is 0.0323 e. The molecule has 4 rings (SSSR count). The summed E-state index contributed by atoms with van der Waals surface area (Å²) in [7, 11) is 0. The molecule has 1 heteroatoms. The van der Waals surface area contributed by atoms with Crippen molar-refractivity contribution < 1.29 is 0 Å². The lowest BCUT2D eigenvalue weighted by atomic mass is 9.95. The van der Waals surface area contributed by atoms with Crippen LogP contribution < -0.4 is 5.73 Å². The summed E-state index contributed by atoms with van der Waals surface area (Å²) in [6.45, 7) is 4.45. The quantitative estimate of drug-likeness (QED) is 0.592. The molecule has 1 aliphatic carbocycles. The molecule has 110 valence electrons. The summed E-state index contributed by atoms with van der Waals surface area (Å²) in [6.07, 6.45) is 2.50. The van der Waals surface area contributed by atoms with Gasteiger partial charge in [0.25, 0.3) is 0 Å². The first-order chi connectivity index (χ1) is 10.6. The molecule has 0 heterocycles. The van der Waals surface area contributed by atoms with Crippen molar-refractivity contribution in [3.63, 3.8) is 0 Å². The Labute approximate surface area is 131 Å². The Morgan fingerprint density at radius 1 is 0.955 bits per heavy atom. The van der Waals surface area contributed by atoms with E-state index < -0.39 is 0 Å². The van der Waals surface area contributed by atoms with E-state index in [1.54, 1.807) is 0 Å². The molecular weight excluding hydrogens is 266 g/mol. The highest BCUT2D eigenvalue weighted by Gasteiger charge is 2.18. The third-order valence-corrected chi connectivity index (χ3v) is 5.04. The first-order valence-electron chi connectivity index (χ1n) is 8.05. The number of fused-ring (bicyclic) bond motifs is 2. The molecule has 0 fully saturated rings. The second-order valence-corrected chi connectivity index (χ2v) is 6.63. The topological polar surface area (TPSA) is 26.0 Å². The van der Waals surface area contributed by atoms with Gasteiger partial charge in [0.2, 0.25) is 0 Å². The molecule has 0 saturated carbocycles. The predicted molar refractivity (Wildman–Crippen MR) is 95.3 cm³/mol. The predicted octanol–water partition coefficient (Wildman–Crippen LogP) is 5.45. The van der Waals surface area contributed by atoms with Crippen LogP contribution in [0.5, 0.6) is 0 Å². The zero-order chi connectivity index (χ0) is 15.3. The summed E-state index contributed by atoms with van der Waals surface area (Å²) in [5, 5.41) is 2.51. The molecule has 1 atom stereocenters. The molecule has 3 aromatic carbocycles. The smallest absolute Gasteiger partial charge is 0.0323 e. The highest BCUT2D eigenvalue weighted by molar-refractivity contribution is 5.92. The van der Waals surface area contributed by atoms with Crippen molar-refractivity contribution in [2.45, 2.75) is 32.6 Å². The van der Waals surface area contributed by atoms with E-state index in [1.165, 1.54) is 51.4 Å². The van der Waals surface area contributed by atoms with Gasteiger partial charge in [-0.2, -0.15) is 0 Å². The Bertz CT molecular complexity index is 876. The van der Waals surface area contributed by atoms with Crippen LogP contribution in [0.25, 0.3) is 21.9 Å². The maximum atomic E-state index is 6.00. The van der Waals surface area contributed by atoms with Gasteiger partial charge in [-0.1, -0.05) is 37.3 Å². The summed E-state index contributed by atoms with van der Waals surface area (Å²) < 4.78 is 0. The monoisotopic (exact) mass is 287 g/mol. The van der Waals surface area contributed by atoms with Gasteiger partial charge in [-0.25, -0.2) is 0 Å². The summed E-state index contributed by atoms with van der Waals surface area (Å²) in [6, 6.07) is 17.8. The molecule has 2 N–H and O–H groups in total. The van der Waals surface area contributed by atoms with Gasteiger partial charge in [-0.3, -0.25) is 0 Å². The normalized spacial score (nSPS) is 16.9. The third kappa shape index (κ3) is 2.09. The van der Waals surface area contributed by atoms with E-state index in [0.717, 1.165) is 5.69 Å². The molecule has 1 nitrogen and oxygen atoms in total. The standard InChI is InChI=1S/C21H21N/c1-13-3-4-17-10-15(5-7-20(13)17)16-6-8-21-14(2)9-19(22)12-18(21)11-16/h5-13H,3-4,22H2,1-2H3. The molecule has 22 heavy (non-hydrogen) atoms. The van der Waals surface area contributed by atoms with E-state index in [-0.39, 0.29) is 0 Å². The fourth-order valence-corrected chi connectivity index (χ4v) is 3.78. The number of hydrogen-bond donors (Lipinski definition) is 1. The van der Waals surface area contributed by atoms with Crippen molar-refractivity contribution in [2.75, 3.05) is 5.73 Å². The number of nitrogen functional groups attached to an aromatic ring is 1. The summed E-state index contributed by atoms with van der Waals surface area (Å²) >= 11 is 0. The summed E-state index contributed by atoms with van der Waals surface area (Å²) in [5.41, 5.74) is 13.7. The van der Waals surface area contributed by atoms with Crippen LogP contribution in [0.4, 0.5) is 5.69 Å². The number of benzene rings is 3. The Kier molecular flexibility index (Phi) is 2.97. The molecular formula is C21H21N. The zero-order valence-electron chi connectivity index (χ0n) is 13.2. The SMILES string of the molecule is Cc1cc(N)cc2cc(-c3ccc4c(c3)CCC4C)ccc12. The molecule has 3 aromatic rings. The average molecular weight is 287 g/mol. The average Bonchev–Trinajstić information content (AvgIpc) is 2.87. The van der Waals surface area contributed by atoms with Gasteiger partial charge in [0.1, 0.15) is 0 Å².